The quantitative estimate of drug-likeness (QED) is 0.0589. The standard InChI is InChI=1S/C36H39NO13S2/c1-21(39)46-20-29-31(47-22(2)40)32(48-23(3)41)33(49-24(4)42)35(50-29)37-34(43)30(52-36(37)51)18-25-8-12-27(13-9-25)44-16-6-5-7-17-45-28-14-10-26(19-38)11-15-28/h8-15,18-19,29,31-33,35H,5-7,16-17,20H2,1-4H3/b30-18-/t29-,31-,32+,33-,35-/m1/s1. The van der Waals surface area contributed by atoms with Crippen LogP contribution >= 0.6 is 24.0 Å². The van der Waals surface area contributed by atoms with Gasteiger partial charge in [-0.15, -0.1) is 0 Å². The van der Waals surface area contributed by atoms with E-state index in [1.807, 2.05) is 0 Å². The molecule has 14 nitrogen and oxygen atoms in total. The summed E-state index contributed by atoms with van der Waals surface area (Å²) in [5.74, 6) is -2.26. The largest absolute Gasteiger partial charge is 0.494 e. The van der Waals surface area contributed by atoms with Crippen molar-refractivity contribution in [1.82, 2.24) is 4.90 Å². The third-order valence-electron chi connectivity index (χ3n) is 7.56. The van der Waals surface area contributed by atoms with E-state index >= 15 is 0 Å². The highest BCUT2D eigenvalue weighted by molar-refractivity contribution is 8.26. The van der Waals surface area contributed by atoms with E-state index in [4.69, 9.17) is 45.4 Å². The Kier molecular flexibility index (Phi) is 14.7. The molecule has 2 aliphatic rings. The van der Waals surface area contributed by atoms with Crippen LogP contribution in [0.25, 0.3) is 6.08 Å². The number of esters is 4. The van der Waals surface area contributed by atoms with Gasteiger partial charge < -0.3 is 33.2 Å². The number of aldehydes is 1. The molecule has 0 N–H and O–H groups in total. The van der Waals surface area contributed by atoms with Gasteiger partial charge in [0.1, 0.15) is 30.5 Å². The minimum atomic E-state index is -1.48. The van der Waals surface area contributed by atoms with Crippen LogP contribution in [-0.2, 0) is 47.7 Å². The Balaban J connectivity index is 1.40. The van der Waals surface area contributed by atoms with Crippen molar-refractivity contribution in [3.8, 4) is 11.5 Å². The van der Waals surface area contributed by atoms with Gasteiger partial charge in [0.2, 0.25) is 0 Å². The highest BCUT2D eigenvalue weighted by Crippen LogP contribution is 2.39. The lowest BCUT2D eigenvalue weighted by Crippen LogP contribution is -2.66. The molecule has 2 saturated heterocycles. The first-order valence-corrected chi connectivity index (χ1v) is 17.6. The molecule has 0 aromatic heterocycles. The van der Waals surface area contributed by atoms with Gasteiger partial charge in [-0.05, 0) is 67.3 Å². The van der Waals surface area contributed by atoms with E-state index in [1.54, 1.807) is 54.6 Å². The van der Waals surface area contributed by atoms with Gasteiger partial charge in [-0.3, -0.25) is 33.7 Å². The van der Waals surface area contributed by atoms with Crippen LogP contribution in [0.3, 0.4) is 0 Å². The molecule has 4 rings (SSSR count). The summed E-state index contributed by atoms with van der Waals surface area (Å²) >= 11 is 6.54. The predicted molar refractivity (Wildman–Crippen MR) is 190 cm³/mol. The van der Waals surface area contributed by atoms with E-state index in [1.165, 1.54) is 0 Å². The van der Waals surface area contributed by atoms with Crippen LogP contribution in [0, 0.1) is 0 Å². The van der Waals surface area contributed by atoms with Gasteiger partial charge in [0.05, 0.1) is 18.1 Å². The number of carbonyl (C=O) groups excluding carboxylic acids is 6. The highest BCUT2D eigenvalue weighted by Gasteiger charge is 2.56. The lowest BCUT2D eigenvalue weighted by molar-refractivity contribution is -0.268. The van der Waals surface area contributed by atoms with Crippen molar-refractivity contribution in [2.45, 2.75) is 77.6 Å². The zero-order chi connectivity index (χ0) is 37.8. The Morgan fingerprint density at radius 2 is 1.27 bits per heavy atom. The molecule has 2 fully saturated rings. The molecule has 278 valence electrons. The zero-order valence-corrected chi connectivity index (χ0v) is 30.6. The molecule has 0 aliphatic carbocycles. The van der Waals surface area contributed by atoms with Crippen molar-refractivity contribution >= 4 is 70.4 Å². The average molecular weight is 758 g/mol. The average Bonchev–Trinajstić information content (AvgIpc) is 3.37. The number of benzene rings is 2. The number of rotatable bonds is 16. The van der Waals surface area contributed by atoms with E-state index in [0.717, 1.165) is 69.9 Å². The zero-order valence-electron chi connectivity index (χ0n) is 29.0. The Morgan fingerprint density at radius 3 is 1.79 bits per heavy atom. The Morgan fingerprint density at radius 1 is 0.750 bits per heavy atom. The first-order valence-electron chi connectivity index (χ1n) is 16.3. The van der Waals surface area contributed by atoms with Crippen LogP contribution in [0.4, 0.5) is 0 Å². The summed E-state index contributed by atoms with van der Waals surface area (Å²) in [5, 5.41) is 0. The van der Waals surface area contributed by atoms with Gasteiger partial charge in [-0.25, -0.2) is 0 Å². The maximum Gasteiger partial charge on any atom is 0.303 e. The number of amides is 1. The fourth-order valence-corrected chi connectivity index (χ4v) is 6.64. The van der Waals surface area contributed by atoms with Crippen LogP contribution in [0.1, 0.15) is 62.9 Å². The minimum Gasteiger partial charge on any atom is -0.494 e. The summed E-state index contributed by atoms with van der Waals surface area (Å²) in [6.45, 7) is 5.11. The summed E-state index contributed by atoms with van der Waals surface area (Å²) in [5.41, 5.74) is 1.27. The Hall–Kier alpha value is -4.80. The number of hydrogen-bond acceptors (Lipinski definition) is 15. The Bertz CT molecular complexity index is 1660. The smallest absolute Gasteiger partial charge is 0.303 e. The monoisotopic (exact) mass is 757 g/mol. The van der Waals surface area contributed by atoms with Gasteiger partial charge >= 0.3 is 23.9 Å². The first-order chi connectivity index (χ1) is 24.9. The molecule has 0 radical (unpaired) electrons. The van der Waals surface area contributed by atoms with E-state index in [-0.39, 0.29) is 9.23 Å². The van der Waals surface area contributed by atoms with Crippen molar-refractivity contribution in [2.24, 2.45) is 0 Å². The number of nitrogens with zero attached hydrogens (tertiary/aromatic N) is 1. The number of unbranched alkanes of at least 4 members (excludes halogenated alkanes) is 2. The third-order valence-corrected chi connectivity index (χ3v) is 8.89. The molecule has 16 heteroatoms. The maximum absolute atomic E-state index is 13.8. The molecule has 0 saturated carbocycles. The van der Waals surface area contributed by atoms with E-state index in [9.17, 15) is 28.8 Å². The van der Waals surface area contributed by atoms with Crippen LogP contribution in [0.5, 0.6) is 11.5 Å². The van der Waals surface area contributed by atoms with Gasteiger partial charge in [-0.2, -0.15) is 0 Å². The van der Waals surface area contributed by atoms with Gasteiger partial charge in [0.15, 0.2) is 28.9 Å². The molecular weight excluding hydrogens is 719 g/mol. The van der Waals surface area contributed by atoms with Crippen LogP contribution in [-0.4, -0.2) is 95.8 Å². The molecule has 52 heavy (non-hydrogen) atoms. The minimum absolute atomic E-state index is 0.0540. The molecule has 2 heterocycles. The van der Waals surface area contributed by atoms with E-state index in [0.29, 0.717) is 35.8 Å². The van der Waals surface area contributed by atoms with Crippen molar-refractivity contribution in [1.29, 1.82) is 0 Å². The molecule has 2 aromatic rings. The normalized spacial score (nSPS) is 22.0. The molecule has 2 aromatic carbocycles. The first kappa shape index (κ1) is 40.0. The molecule has 0 spiro atoms. The van der Waals surface area contributed by atoms with Gasteiger partial charge in [-0.1, -0.05) is 36.1 Å². The van der Waals surface area contributed by atoms with E-state index < -0.39 is 67.0 Å². The second-order valence-corrected chi connectivity index (χ2v) is 13.3. The van der Waals surface area contributed by atoms with Crippen molar-refractivity contribution in [3.63, 3.8) is 0 Å². The van der Waals surface area contributed by atoms with Gasteiger partial charge in [0.25, 0.3) is 5.91 Å². The van der Waals surface area contributed by atoms with Crippen LogP contribution in [0.15, 0.2) is 53.4 Å². The van der Waals surface area contributed by atoms with Crippen LogP contribution in [0.2, 0.25) is 0 Å². The van der Waals surface area contributed by atoms with Gasteiger partial charge in [0, 0.05) is 33.3 Å². The summed E-state index contributed by atoms with van der Waals surface area (Å²) in [6.07, 6.45) is -2.03. The third kappa shape index (κ3) is 11.4. The molecule has 2 aliphatic heterocycles. The molecular formula is C36H39NO13S2. The summed E-state index contributed by atoms with van der Waals surface area (Å²) in [4.78, 5) is 74.1. The molecule has 0 unspecified atom stereocenters. The fourth-order valence-electron chi connectivity index (χ4n) is 5.33. The van der Waals surface area contributed by atoms with Crippen molar-refractivity contribution in [2.75, 3.05) is 19.8 Å². The maximum atomic E-state index is 13.8. The lowest BCUT2D eigenvalue weighted by atomic mass is 9.96. The van der Waals surface area contributed by atoms with Crippen LogP contribution < -0.4 is 9.47 Å². The van der Waals surface area contributed by atoms with E-state index in [2.05, 4.69) is 0 Å². The van der Waals surface area contributed by atoms with Crippen molar-refractivity contribution < 1.29 is 61.9 Å². The fraction of sp³-hybridized carbons (Fsp3) is 0.417. The molecule has 0 bridgehead atoms. The summed E-state index contributed by atoms with van der Waals surface area (Å²) in [7, 11) is 0. The second kappa shape index (κ2) is 19.2. The SMILES string of the molecule is CC(=O)OC[C@H]1O[C@@H](N2C(=O)/C(=C/c3ccc(OCCCCCOc4ccc(C=O)cc4)cc3)SC2=S)[C@H](OC(C)=O)[C@@H](OC(C)=O)[C@@H]1OC(C)=O. The second-order valence-electron chi connectivity index (χ2n) is 11.7. The Labute approximate surface area is 310 Å². The van der Waals surface area contributed by atoms with Crippen molar-refractivity contribution in [3.05, 3.63) is 64.6 Å². The topological polar surface area (TPSA) is 170 Å². The lowest BCUT2D eigenvalue weighted by Gasteiger charge is -2.46. The molecule has 1 amide bonds. The number of hydrogen-bond donors (Lipinski definition) is 0. The number of carbonyl (C=O) groups is 6. The molecule has 5 atom stereocenters. The highest BCUT2D eigenvalue weighted by atomic mass is 32.2. The number of thiocarbonyl (C=S) groups is 1. The number of ether oxygens (including phenoxy) is 7. The summed E-state index contributed by atoms with van der Waals surface area (Å²) < 4.78 is 39.3. The number of thioether (sulfide) groups is 1. The summed E-state index contributed by atoms with van der Waals surface area (Å²) in [6, 6.07) is 14.0. The predicted octanol–water partition coefficient (Wildman–Crippen LogP) is 4.41.